The van der Waals surface area contributed by atoms with Gasteiger partial charge in [-0.05, 0) is 31.1 Å². The highest BCUT2D eigenvalue weighted by molar-refractivity contribution is 5.79. The Hall–Kier alpha value is -2.23. The summed E-state index contributed by atoms with van der Waals surface area (Å²) in [6.45, 7) is 0. The first-order chi connectivity index (χ1) is 8.42. The number of aromatic nitrogens is 2. The topological polar surface area (TPSA) is 40.2 Å². The fourth-order valence-corrected chi connectivity index (χ4v) is 2.28. The maximum atomic E-state index is 5.86. The second-order valence-corrected chi connectivity index (χ2v) is 4.14. The monoisotopic (exact) mass is 226 g/mol. The van der Waals surface area contributed by atoms with Crippen LogP contribution in [-0.4, -0.2) is 9.78 Å². The Bertz CT molecular complexity index is 632. The fraction of sp³-hybridized carbons (Fsp3) is 0.154. The lowest BCUT2D eigenvalue weighted by Gasteiger charge is -2.21. The van der Waals surface area contributed by atoms with Crippen LogP contribution in [0.1, 0.15) is 23.4 Å². The van der Waals surface area contributed by atoms with Gasteiger partial charge in [-0.15, -0.1) is 0 Å². The summed E-state index contributed by atoms with van der Waals surface area (Å²) in [5.74, 6) is 2.31. The molecule has 0 saturated heterocycles. The fourth-order valence-electron chi connectivity index (χ4n) is 2.28. The van der Waals surface area contributed by atoms with Crippen LogP contribution in [0.4, 0.5) is 0 Å². The first kappa shape index (κ1) is 8.87. The summed E-state index contributed by atoms with van der Waals surface area (Å²) in [7, 11) is 0. The molecule has 0 amide bonds. The molecule has 0 aromatic carbocycles. The Morgan fingerprint density at radius 1 is 1.29 bits per heavy atom. The van der Waals surface area contributed by atoms with Gasteiger partial charge in [0.15, 0.2) is 11.5 Å². The van der Waals surface area contributed by atoms with Crippen molar-refractivity contribution in [2.45, 2.75) is 12.8 Å². The van der Waals surface area contributed by atoms with Crippen LogP contribution in [-0.2, 0) is 11.2 Å². The summed E-state index contributed by atoms with van der Waals surface area (Å²) in [6, 6.07) is 3.73. The predicted molar refractivity (Wildman–Crippen MR) is 62.5 cm³/mol. The second kappa shape index (κ2) is 3.13. The maximum Gasteiger partial charge on any atom is 0.188 e. The minimum Gasteiger partial charge on any atom is -0.461 e. The van der Waals surface area contributed by atoms with Gasteiger partial charge in [-0.25, -0.2) is 4.68 Å². The summed E-state index contributed by atoms with van der Waals surface area (Å²) in [5, 5.41) is 4.36. The molecule has 0 saturated carbocycles. The van der Waals surface area contributed by atoms with Gasteiger partial charge in [0.25, 0.3) is 0 Å². The minimum atomic E-state index is 0.699. The first-order valence-corrected chi connectivity index (χ1v) is 5.62. The predicted octanol–water partition coefficient (Wildman–Crippen LogP) is 2.75. The summed E-state index contributed by atoms with van der Waals surface area (Å²) >= 11 is 0. The van der Waals surface area contributed by atoms with Gasteiger partial charge in [0.2, 0.25) is 0 Å². The number of hydrogen-bond acceptors (Lipinski definition) is 3. The van der Waals surface area contributed by atoms with Crippen LogP contribution >= 0.6 is 0 Å². The first-order valence-electron chi connectivity index (χ1n) is 5.62. The van der Waals surface area contributed by atoms with Gasteiger partial charge in [0.05, 0.1) is 18.7 Å². The number of aryl methyl sites for hydroxylation is 1. The Kier molecular flexibility index (Phi) is 1.63. The highest BCUT2D eigenvalue weighted by Crippen LogP contribution is 2.35. The van der Waals surface area contributed by atoms with E-state index in [0.717, 1.165) is 30.1 Å². The van der Waals surface area contributed by atoms with Gasteiger partial charge in [0, 0.05) is 5.56 Å². The van der Waals surface area contributed by atoms with Crippen LogP contribution in [0.2, 0.25) is 0 Å². The molecule has 0 fully saturated rings. The van der Waals surface area contributed by atoms with Crippen molar-refractivity contribution in [2.24, 2.45) is 0 Å². The Balaban J connectivity index is 1.91. The third kappa shape index (κ3) is 1.21. The Morgan fingerprint density at radius 2 is 2.29 bits per heavy atom. The van der Waals surface area contributed by atoms with E-state index < -0.39 is 0 Å². The molecular weight excluding hydrogens is 216 g/mol. The molecule has 4 nitrogen and oxygen atoms in total. The van der Waals surface area contributed by atoms with Crippen molar-refractivity contribution >= 4 is 17.7 Å². The number of allylic oxidation sites excluding steroid dienone is 1. The van der Waals surface area contributed by atoms with Crippen molar-refractivity contribution in [3.05, 3.63) is 47.7 Å². The van der Waals surface area contributed by atoms with Crippen LogP contribution in [0, 0.1) is 0 Å². The van der Waals surface area contributed by atoms with Crippen molar-refractivity contribution in [2.75, 3.05) is 0 Å². The van der Waals surface area contributed by atoms with Gasteiger partial charge < -0.3 is 9.15 Å². The van der Waals surface area contributed by atoms with Crippen LogP contribution < -0.4 is 0 Å². The lowest BCUT2D eigenvalue weighted by atomic mass is 10.0. The molecule has 2 aliphatic rings. The molecule has 0 bridgehead atoms. The normalized spacial score (nSPS) is 16.9. The highest BCUT2D eigenvalue weighted by atomic mass is 16.5. The molecule has 3 heterocycles. The minimum absolute atomic E-state index is 0.699. The van der Waals surface area contributed by atoms with Crippen molar-refractivity contribution in [3.8, 4) is 0 Å². The molecule has 2 aromatic heterocycles. The number of rotatable bonds is 1. The third-order valence-corrected chi connectivity index (χ3v) is 3.07. The van der Waals surface area contributed by atoms with Gasteiger partial charge in [-0.2, -0.15) is 5.10 Å². The summed E-state index contributed by atoms with van der Waals surface area (Å²) in [5.41, 5.74) is 2.32. The molecule has 17 heavy (non-hydrogen) atoms. The quantitative estimate of drug-likeness (QED) is 0.750. The van der Waals surface area contributed by atoms with E-state index in [9.17, 15) is 0 Å². The van der Waals surface area contributed by atoms with E-state index in [4.69, 9.17) is 9.15 Å². The number of nitrogens with zero attached hydrogens (tertiary/aromatic N) is 2. The average molecular weight is 226 g/mol. The zero-order valence-electron chi connectivity index (χ0n) is 9.09. The Morgan fingerprint density at radius 3 is 3.18 bits per heavy atom. The molecule has 4 rings (SSSR count). The standard InChI is InChI=1S/C13H10N2O2/c1-3-9-7-14-15-8-12(10-5-2-6-16-10)17-11(4-1)13(9)15/h2,4-8H,1,3H2. The van der Waals surface area contributed by atoms with E-state index in [1.165, 1.54) is 5.56 Å². The van der Waals surface area contributed by atoms with E-state index in [2.05, 4.69) is 11.2 Å². The molecule has 0 spiro atoms. The van der Waals surface area contributed by atoms with Gasteiger partial charge in [0.1, 0.15) is 11.5 Å². The van der Waals surface area contributed by atoms with Crippen LogP contribution in [0.5, 0.6) is 0 Å². The zero-order chi connectivity index (χ0) is 11.2. The van der Waals surface area contributed by atoms with Gasteiger partial charge in [-0.1, -0.05) is 0 Å². The van der Waals surface area contributed by atoms with E-state index in [1.807, 2.05) is 29.2 Å². The Labute approximate surface area is 97.8 Å². The lowest BCUT2D eigenvalue weighted by molar-refractivity contribution is 0.421. The lowest BCUT2D eigenvalue weighted by Crippen LogP contribution is -2.10. The molecular formula is C13H10N2O2. The maximum absolute atomic E-state index is 5.86. The molecule has 4 heteroatoms. The molecule has 1 aliphatic carbocycles. The largest absolute Gasteiger partial charge is 0.461 e. The van der Waals surface area contributed by atoms with Crippen molar-refractivity contribution in [3.63, 3.8) is 0 Å². The summed E-state index contributed by atoms with van der Waals surface area (Å²) in [4.78, 5) is 0. The average Bonchev–Trinajstić information content (AvgIpc) is 2.99. The van der Waals surface area contributed by atoms with Gasteiger partial charge in [-0.3, -0.25) is 0 Å². The van der Waals surface area contributed by atoms with E-state index in [1.54, 1.807) is 6.26 Å². The molecule has 1 aliphatic heterocycles. The molecule has 84 valence electrons. The summed E-state index contributed by atoms with van der Waals surface area (Å²) < 4.78 is 13.1. The van der Waals surface area contributed by atoms with E-state index in [0.29, 0.717) is 5.76 Å². The third-order valence-electron chi connectivity index (χ3n) is 3.07. The smallest absolute Gasteiger partial charge is 0.188 e. The number of ether oxygens (including phenoxy) is 1. The van der Waals surface area contributed by atoms with Crippen molar-refractivity contribution in [1.29, 1.82) is 0 Å². The SMILES string of the molecule is C1=C(c2ccco2)OC2=CCCc3cnn1c32. The van der Waals surface area contributed by atoms with E-state index >= 15 is 0 Å². The van der Waals surface area contributed by atoms with E-state index in [-0.39, 0.29) is 0 Å². The molecule has 0 N–H and O–H groups in total. The summed E-state index contributed by atoms with van der Waals surface area (Å²) in [6.07, 6.45) is 9.55. The van der Waals surface area contributed by atoms with Crippen LogP contribution in [0.3, 0.4) is 0 Å². The molecule has 2 aromatic rings. The van der Waals surface area contributed by atoms with Crippen molar-refractivity contribution in [1.82, 2.24) is 9.78 Å². The number of hydrogen-bond donors (Lipinski definition) is 0. The second-order valence-electron chi connectivity index (χ2n) is 4.14. The van der Waals surface area contributed by atoms with Crippen LogP contribution in [0.15, 0.2) is 35.1 Å². The van der Waals surface area contributed by atoms with Gasteiger partial charge >= 0.3 is 0 Å². The molecule has 0 radical (unpaired) electrons. The molecule has 0 atom stereocenters. The van der Waals surface area contributed by atoms with Crippen molar-refractivity contribution < 1.29 is 9.15 Å². The number of furan rings is 1. The van der Waals surface area contributed by atoms with Crippen LogP contribution in [0.25, 0.3) is 17.7 Å². The zero-order valence-corrected chi connectivity index (χ0v) is 9.09. The highest BCUT2D eigenvalue weighted by Gasteiger charge is 2.25. The molecule has 0 unspecified atom stereocenters.